The molecule has 1 saturated heterocycles. The minimum absolute atomic E-state index is 0.00877. The molecule has 7 nitrogen and oxygen atoms in total. The Morgan fingerprint density at radius 2 is 1.95 bits per heavy atom. The lowest BCUT2D eigenvalue weighted by Gasteiger charge is -2.62. The van der Waals surface area contributed by atoms with Crippen molar-refractivity contribution in [2.75, 3.05) is 6.61 Å². The summed E-state index contributed by atoms with van der Waals surface area (Å²) >= 11 is 0.896. The standard InChI is InChI=1S/C28H34F2O7S/c1-5-22(33)37-28(24(35)38-16-10-23(34)36-13-16)14(2)8-17-18-11-20(29)19-9-15(31)6-7-25(19,3)27(18,30)21(32)12-26(17,28)4/h6-7,14,16-18,21,32H,5,8-13H2,1-4H3/t14-,16-,17?,18?,21+,25+,26+,27+,28+/m1/s1. The van der Waals surface area contributed by atoms with E-state index in [4.69, 9.17) is 9.47 Å². The Balaban J connectivity index is 1.61. The van der Waals surface area contributed by atoms with E-state index >= 15 is 8.78 Å². The minimum Gasteiger partial charge on any atom is -0.464 e. The minimum atomic E-state index is -2.29. The zero-order valence-corrected chi connectivity index (χ0v) is 22.9. The van der Waals surface area contributed by atoms with Gasteiger partial charge in [0.2, 0.25) is 5.12 Å². The van der Waals surface area contributed by atoms with Gasteiger partial charge in [0.1, 0.15) is 12.4 Å². The summed E-state index contributed by atoms with van der Waals surface area (Å²) in [5, 5.41) is 10.7. The Kier molecular flexibility index (Phi) is 6.50. The number of ether oxygens (including phenoxy) is 2. The van der Waals surface area contributed by atoms with Gasteiger partial charge >= 0.3 is 11.9 Å². The van der Waals surface area contributed by atoms with E-state index in [0.717, 1.165) is 11.8 Å². The molecule has 0 amide bonds. The third-order valence-corrected chi connectivity index (χ3v) is 11.3. The molecule has 3 fully saturated rings. The molecule has 208 valence electrons. The number of allylic oxidation sites excluding steroid dienone is 4. The van der Waals surface area contributed by atoms with Crippen LogP contribution in [0.5, 0.6) is 0 Å². The normalized spacial score (nSPS) is 45.8. The number of alkyl halides is 1. The first-order valence-electron chi connectivity index (χ1n) is 13.3. The highest BCUT2D eigenvalue weighted by Crippen LogP contribution is 2.72. The smallest absolute Gasteiger partial charge is 0.307 e. The number of cyclic esters (lactones) is 1. The lowest BCUT2D eigenvalue weighted by atomic mass is 9.45. The fourth-order valence-electron chi connectivity index (χ4n) is 8.25. The van der Waals surface area contributed by atoms with Gasteiger partial charge in [-0.3, -0.25) is 19.2 Å². The number of ketones is 1. The summed E-state index contributed by atoms with van der Waals surface area (Å²) in [6.45, 7) is 6.71. The van der Waals surface area contributed by atoms with E-state index in [9.17, 15) is 24.3 Å². The van der Waals surface area contributed by atoms with Crippen molar-refractivity contribution in [2.24, 2.45) is 28.6 Å². The van der Waals surface area contributed by atoms with Crippen LogP contribution in [0.1, 0.15) is 66.2 Å². The number of halogens is 2. The van der Waals surface area contributed by atoms with Gasteiger partial charge in [-0.05, 0) is 37.3 Å². The number of aliphatic hydroxyl groups excluding tert-OH is 1. The molecule has 38 heavy (non-hydrogen) atoms. The second kappa shape index (κ2) is 8.98. The van der Waals surface area contributed by atoms with Crippen LogP contribution in [-0.4, -0.2) is 57.2 Å². The number of hydrogen-bond acceptors (Lipinski definition) is 8. The van der Waals surface area contributed by atoms with Crippen molar-refractivity contribution >= 4 is 34.6 Å². The molecule has 0 aromatic carbocycles. The Bertz CT molecular complexity index is 1170. The summed E-state index contributed by atoms with van der Waals surface area (Å²) in [4.78, 5) is 50.6. The summed E-state index contributed by atoms with van der Waals surface area (Å²) in [6.07, 6.45) is 0.629. The van der Waals surface area contributed by atoms with E-state index in [2.05, 4.69) is 0 Å². The molecule has 5 rings (SSSR count). The van der Waals surface area contributed by atoms with E-state index in [1.165, 1.54) is 19.1 Å². The largest absolute Gasteiger partial charge is 0.464 e. The number of rotatable bonds is 4. The van der Waals surface area contributed by atoms with Crippen LogP contribution in [0.15, 0.2) is 23.6 Å². The highest BCUT2D eigenvalue weighted by atomic mass is 32.2. The predicted octanol–water partition coefficient (Wildman–Crippen LogP) is 4.17. The number of carbonyl (C=O) groups excluding carboxylic acids is 4. The van der Waals surface area contributed by atoms with Gasteiger partial charge in [0.15, 0.2) is 17.1 Å². The summed E-state index contributed by atoms with van der Waals surface area (Å²) < 4.78 is 44.2. The Labute approximate surface area is 224 Å². The third-order valence-electron chi connectivity index (χ3n) is 10.2. The lowest BCUT2D eigenvalue weighted by molar-refractivity contribution is -0.223. The first-order valence-corrected chi connectivity index (χ1v) is 14.2. The van der Waals surface area contributed by atoms with Gasteiger partial charge < -0.3 is 14.6 Å². The molecule has 2 saturated carbocycles. The molecule has 1 N–H and O–H groups in total. The van der Waals surface area contributed by atoms with Crippen molar-refractivity contribution in [1.82, 2.24) is 0 Å². The van der Waals surface area contributed by atoms with E-state index in [1.807, 2.05) is 0 Å². The van der Waals surface area contributed by atoms with Gasteiger partial charge in [0, 0.05) is 41.9 Å². The second-order valence-electron chi connectivity index (χ2n) is 12.0. The summed E-state index contributed by atoms with van der Waals surface area (Å²) in [5.41, 5.74) is -6.65. The molecular weight excluding hydrogens is 518 g/mol. The zero-order valence-electron chi connectivity index (χ0n) is 22.1. The summed E-state index contributed by atoms with van der Waals surface area (Å²) in [6, 6.07) is 0. The average molecular weight is 553 g/mol. The molecule has 0 spiro atoms. The third kappa shape index (κ3) is 3.47. The number of thioether (sulfide) groups is 1. The van der Waals surface area contributed by atoms with Crippen LogP contribution in [0.25, 0.3) is 0 Å². The van der Waals surface area contributed by atoms with E-state index in [0.29, 0.717) is 0 Å². The van der Waals surface area contributed by atoms with Crippen molar-refractivity contribution in [1.29, 1.82) is 0 Å². The highest BCUT2D eigenvalue weighted by molar-refractivity contribution is 8.14. The second-order valence-corrected chi connectivity index (χ2v) is 13.3. The molecule has 0 aromatic heterocycles. The van der Waals surface area contributed by atoms with Gasteiger partial charge in [-0.25, -0.2) is 8.78 Å². The topological polar surface area (TPSA) is 107 Å². The predicted molar refractivity (Wildman–Crippen MR) is 134 cm³/mol. The maximum Gasteiger partial charge on any atom is 0.307 e. The van der Waals surface area contributed by atoms with Crippen molar-refractivity contribution in [2.45, 2.75) is 88.8 Å². The van der Waals surface area contributed by atoms with Crippen molar-refractivity contribution in [3.8, 4) is 0 Å². The molecule has 0 bridgehead atoms. The molecule has 2 unspecified atom stereocenters. The lowest BCUT2D eigenvalue weighted by Crippen LogP contribution is -2.69. The number of hydrogen-bond donors (Lipinski definition) is 1. The first kappa shape index (κ1) is 27.5. The quantitative estimate of drug-likeness (QED) is 0.518. The van der Waals surface area contributed by atoms with Gasteiger partial charge in [-0.15, -0.1) is 0 Å². The number of fused-ring (bicyclic) bond motifs is 5. The number of esters is 2. The van der Waals surface area contributed by atoms with Crippen LogP contribution in [0, 0.1) is 28.6 Å². The number of carbonyl (C=O) groups is 4. The molecule has 9 atom stereocenters. The molecule has 0 radical (unpaired) electrons. The first-order chi connectivity index (χ1) is 17.7. The van der Waals surface area contributed by atoms with Crippen LogP contribution < -0.4 is 0 Å². The molecule has 1 heterocycles. The Morgan fingerprint density at radius 1 is 1.24 bits per heavy atom. The molecule has 0 aromatic rings. The van der Waals surface area contributed by atoms with E-state index < -0.39 is 74.1 Å². The Hall–Kier alpha value is -2.07. The van der Waals surface area contributed by atoms with Gasteiger partial charge in [0.25, 0.3) is 0 Å². The van der Waals surface area contributed by atoms with Gasteiger partial charge in [0.05, 0.1) is 17.8 Å². The van der Waals surface area contributed by atoms with Crippen LogP contribution in [0.3, 0.4) is 0 Å². The van der Waals surface area contributed by atoms with Crippen molar-refractivity contribution in [3.63, 3.8) is 0 Å². The zero-order chi connectivity index (χ0) is 27.8. The maximum atomic E-state index is 17.5. The maximum absolute atomic E-state index is 17.5. The van der Waals surface area contributed by atoms with E-state index in [1.54, 1.807) is 20.8 Å². The fourth-order valence-corrected chi connectivity index (χ4v) is 9.56. The van der Waals surface area contributed by atoms with Crippen LogP contribution in [0.4, 0.5) is 8.78 Å². The number of aliphatic hydroxyl groups is 1. The molecule has 10 heteroatoms. The molecule has 5 aliphatic rings. The van der Waals surface area contributed by atoms with Crippen molar-refractivity contribution in [3.05, 3.63) is 23.6 Å². The van der Waals surface area contributed by atoms with Gasteiger partial charge in [-0.2, -0.15) is 0 Å². The molecule has 1 aliphatic heterocycles. The van der Waals surface area contributed by atoms with Crippen LogP contribution in [-0.2, 0) is 28.7 Å². The van der Waals surface area contributed by atoms with Crippen LogP contribution in [0.2, 0.25) is 0 Å². The van der Waals surface area contributed by atoms with Crippen LogP contribution >= 0.6 is 11.8 Å². The summed E-state index contributed by atoms with van der Waals surface area (Å²) in [5.74, 6) is -4.06. The van der Waals surface area contributed by atoms with Crippen molar-refractivity contribution < 1.29 is 42.5 Å². The SMILES string of the molecule is CCC(=O)O[C@]1(C(=O)S[C@H]2COC(=O)C2)[C@H](C)CC2C3CC(F)=C4CC(=O)C=C[C@]4(C)[C@@]3(F)[C@@H](O)C[C@@]21C. The highest BCUT2D eigenvalue weighted by Gasteiger charge is 2.77. The monoisotopic (exact) mass is 552 g/mol. The van der Waals surface area contributed by atoms with E-state index in [-0.39, 0.29) is 56.5 Å². The summed E-state index contributed by atoms with van der Waals surface area (Å²) in [7, 11) is 0. The average Bonchev–Trinajstić information content (AvgIpc) is 3.35. The molecular formula is C28H34F2O7S. The fraction of sp³-hybridized carbons (Fsp3) is 0.714. The van der Waals surface area contributed by atoms with Gasteiger partial charge in [-0.1, -0.05) is 38.6 Å². The Morgan fingerprint density at radius 3 is 2.58 bits per heavy atom. The molecule has 4 aliphatic carbocycles.